The molecule has 2 atom stereocenters. The van der Waals surface area contributed by atoms with Gasteiger partial charge in [-0.3, -0.25) is 0 Å². The molecular weight excluding hydrogens is 228 g/mol. The molecule has 0 aliphatic heterocycles. The van der Waals surface area contributed by atoms with Gasteiger partial charge in [0.15, 0.2) is 0 Å². The van der Waals surface area contributed by atoms with Crippen molar-refractivity contribution in [2.45, 2.75) is 38.8 Å². The number of hydrogen-bond donors (Lipinski definition) is 2. The SMILES string of the molecule is CS(=O)NC1=CC(NC(=O)OC(C)(C)C)C1. The first kappa shape index (κ1) is 13.0. The lowest BCUT2D eigenvalue weighted by atomic mass is 10.0. The summed E-state index contributed by atoms with van der Waals surface area (Å²) >= 11 is 0. The minimum atomic E-state index is -1.05. The van der Waals surface area contributed by atoms with E-state index in [1.54, 1.807) is 6.26 Å². The lowest BCUT2D eigenvalue weighted by Gasteiger charge is -2.28. The van der Waals surface area contributed by atoms with Gasteiger partial charge in [0.25, 0.3) is 0 Å². The van der Waals surface area contributed by atoms with Gasteiger partial charge in [-0.2, -0.15) is 0 Å². The number of alkyl carbamates (subject to hydrolysis) is 1. The molecule has 2 N–H and O–H groups in total. The van der Waals surface area contributed by atoms with Gasteiger partial charge in [-0.05, 0) is 26.8 Å². The predicted molar refractivity (Wildman–Crippen MR) is 63.1 cm³/mol. The zero-order chi connectivity index (χ0) is 12.3. The Balaban J connectivity index is 2.29. The molecule has 16 heavy (non-hydrogen) atoms. The highest BCUT2D eigenvalue weighted by Gasteiger charge is 2.24. The molecule has 1 amide bonds. The third kappa shape index (κ3) is 4.65. The van der Waals surface area contributed by atoms with Crippen LogP contribution in [0.4, 0.5) is 4.79 Å². The Hall–Kier alpha value is -1.04. The van der Waals surface area contributed by atoms with Crippen molar-refractivity contribution in [1.29, 1.82) is 0 Å². The average Bonchev–Trinajstić information content (AvgIpc) is 1.95. The van der Waals surface area contributed by atoms with Gasteiger partial charge >= 0.3 is 6.09 Å². The minimum absolute atomic E-state index is 0.0269. The van der Waals surface area contributed by atoms with E-state index in [0.717, 1.165) is 5.70 Å². The van der Waals surface area contributed by atoms with Crippen LogP contribution in [0.15, 0.2) is 11.8 Å². The van der Waals surface area contributed by atoms with Crippen LogP contribution in [-0.2, 0) is 15.7 Å². The summed E-state index contributed by atoms with van der Waals surface area (Å²) in [4.78, 5) is 11.3. The molecule has 0 heterocycles. The third-order valence-electron chi connectivity index (χ3n) is 1.82. The Kier molecular flexibility index (Phi) is 3.96. The van der Waals surface area contributed by atoms with Crippen molar-refractivity contribution in [3.8, 4) is 0 Å². The van der Waals surface area contributed by atoms with Crippen molar-refractivity contribution < 1.29 is 13.7 Å². The van der Waals surface area contributed by atoms with E-state index in [1.807, 2.05) is 26.8 Å². The maximum absolute atomic E-state index is 11.3. The number of carbonyl (C=O) groups excluding carboxylic acids is 1. The maximum atomic E-state index is 11.3. The van der Waals surface area contributed by atoms with E-state index in [9.17, 15) is 9.00 Å². The molecule has 1 aliphatic rings. The molecule has 0 saturated heterocycles. The molecule has 0 aromatic rings. The largest absolute Gasteiger partial charge is 0.444 e. The van der Waals surface area contributed by atoms with Crippen LogP contribution < -0.4 is 10.0 Å². The van der Waals surface area contributed by atoms with E-state index in [0.29, 0.717) is 6.42 Å². The number of hydrogen-bond acceptors (Lipinski definition) is 3. The second-order valence-electron chi connectivity index (χ2n) is 4.70. The molecule has 92 valence electrons. The molecule has 0 aromatic heterocycles. The van der Waals surface area contributed by atoms with E-state index in [-0.39, 0.29) is 6.04 Å². The van der Waals surface area contributed by atoms with E-state index in [2.05, 4.69) is 10.0 Å². The van der Waals surface area contributed by atoms with Gasteiger partial charge in [0.05, 0.1) is 6.04 Å². The fourth-order valence-corrected chi connectivity index (χ4v) is 1.78. The summed E-state index contributed by atoms with van der Waals surface area (Å²) in [5, 5.41) is 2.70. The summed E-state index contributed by atoms with van der Waals surface area (Å²) in [5.41, 5.74) is 0.408. The number of amides is 1. The van der Waals surface area contributed by atoms with Crippen LogP contribution >= 0.6 is 0 Å². The van der Waals surface area contributed by atoms with Crippen molar-refractivity contribution in [3.05, 3.63) is 11.8 Å². The molecule has 0 radical (unpaired) electrons. The van der Waals surface area contributed by atoms with E-state index in [4.69, 9.17) is 4.74 Å². The fraction of sp³-hybridized carbons (Fsp3) is 0.700. The summed E-state index contributed by atoms with van der Waals surface area (Å²) in [6.07, 6.45) is 3.63. The highest BCUT2D eigenvalue weighted by atomic mass is 32.2. The van der Waals surface area contributed by atoms with Gasteiger partial charge in [0.2, 0.25) is 0 Å². The number of ether oxygens (including phenoxy) is 1. The Morgan fingerprint density at radius 3 is 2.56 bits per heavy atom. The smallest absolute Gasteiger partial charge is 0.408 e. The normalized spacial score (nSPS) is 21.5. The summed E-state index contributed by atoms with van der Waals surface area (Å²) < 4.78 is 18.7. The standard InChI is InChI=1S/C10H18N2O3S/c1-10(2,3)15-9(13)11-7-5-8(6-7)12-16(4)14/h5,7,12H,6H2,1-4H3,(H,11,13). The van der Waals surface area contributed by atoms with E-state index < -0.39 is 22.7 Å². The number of carbonyl (C=O) groups is 1. The molecular formula is C10H18N2O3S. The van der Waals surface area contributed by atoms with Crippen molar-refractivity contribution in [1.82, 2.24) is 10.0 Å². The van der Waals surface area contributed by atoms with Crippen molar-refractivity contribution in [3.63, 3.8) is 0 Å². The zero-order valence-electron chi connectivity index (χ0n) is 9.99. The Morgan fingerprint density at radius 1 is 1.56 bits per heavy atom. The molecule has 1 rings (SSSR count). The lowest BCUT2D eigenvalue weighted by molar-refractivity contribution is 0.0510. The molecule has 1 aliphatic carbocycles. The van der Waals surface area contributed by atoms with Gasteiger partial charge in [-0.15, -0.1) is 0 Å². The van der Waals surface area contributed by atoms with Gasteiger partial charge < -0.3 is 14.8 Å². The molecule has 2 unspecified atom stereocenters. The molecule has 6 heteroatoms. The molecule has 0 aromatic carbocycles. The molecule has 0 fully saturated rings. The van der Waals surface area contributed by atoms with Crippen molar-refractivity contribution in [2.75, 3.05) is 6.26 Å². The maximum Gasteiger partial charge on any atom is 0.408 e. The number of nitrogens with one attached hydrogen (secondary N) is 2. The minimum Gasteiger partial charge on any atom is -0.444 e. The third-order valence-corrected chi connectivity index (χ3v) is 2.37. The van der Waals surface area contributed by atoms with Gasteiger partial charge in [-0.25, -0.2) is 9.00 Å². The van der Waals surface area contributed by atoms with Crippen LogP contribution in [0.25, 0.3) is 0 Å². The summed E-state index contributed by atoms with van der Waals surface area (Å²) in [5.74, 6) is 0. The van der Waals surface area contributed by atoms with Crippen LogP contribution in [0.5, 0.6) is 0 Å². The first-order valence-electron chi connectivity index (χ1n) is 5.06. The van der Waals surface area contributed by atoms with Crippen LogP contribution in [0.2, 0.25) is 0 Å². The first-order valence-corrected chi connectivity index (χ1v) is 6.62. The van der Waals surface area contributed by atoms with Gasteiger partial charge in [-0.1, -0.05) is 0 Å². The Morgan fingerprint density at radius 2 is 2.12 bits per heavy atom. The van der Waals surface area contributed by atoms with Crippen LogP contribution in [0.1, 0.15) is 27.2 Å². The van der Waals surface area contributed by atoms with Crippen LogP contribution in [0.3, 0.4) is 0 Å². The second kappa shape index (κ2) is 4.86. The average molecular weight is 246 g/mol. The van der Waals surface area contributed by atoms with Crippen LogP contribution in [-0.4, -0.2) is 28.2 Å². The Labute approximate surface area is 98.2 Å². The monoisotopic (exact) mass is 246 g/mol. The van der Waals surface area contributed by atoms with Crippen molar-refractivity contribution in [2.24, 2.45) is 0 Å². The summed E-state index contributed by atoms with van der Waals surface area (Å²) in [7, 11) is -1.05. The summed E-state index contributed by atoms with van der Waals surface area (Å²) in [6, 6.07) is -0.0269. The zero-order valence-corrected chi connectivity index (χ0v) is 10.8. The highest BCUT2D eigenvalue weighted by molar-refractivity contribution is 7.82. The number of rotatable bonds is 3. The van der Waals surface area contributed by atoms with Crippen LogP contribution in [0, 0.1) is 0 Å². The predicted octanol–water partition coefficient (Wildman–Crippen LogP) is 1.05. The molecule has 0 spiro atoms. The summed E-state index contributed by atoms with van der Waals surface area (Å²) in [6.45, 7) is 5.45. The topological polar surface area (TPSA) is 67.4 Å². The quantitative estimate of drug-likeness (QED) is 0.782. The first-order chi connectivity index (χ1) is 7.26. The Bertz CT molecular complexity index is 333. The second-order valence-corrected chi connectivity index (χ2v) is 5.82. The van der Waals surface area contributed by atoms with Crippen molar-refractivity contribution >= 4 is 17.1 Å². The van der Waals surface area contributed by atoms with Gasteiger partial charge in [0.1, 0.15) is 16.6 Å². The molecule has 5 nitrogen and oxygen atoms in total. The fourth-order valence-electron chi connectivity index (χ4n) is 1.26. The molecule has 0 saturated carbocycles. The lowest BCUT2D eigenvalue weighted by Crippen LogP contribution is -2.43. The molecule has 0 bridgehead atoms. The highest BCUT2D eigenvalue weighted by Crippen LogP contribution is 2.17. The van der Waals surface area contributed by atoms with Gasteiger partial charge in [0, 0.05) is 18.4 Å². The van der Waals surface area contributed by atoms with E-state index in [1.165, 1.54) is 0 Å². The van der Waals surface area contributed by atoms with E-state index >= 15 is 0 Å².